The van der Waals surface area contributed by atoms with Crippen molar-refractivity contribution in [2.75, 3.05) is 18.0 Å². The van der Waals surface area contributed by atoms with Gasteiger partial charge in [-0.3, -0.25) is 19.1 Å². The first-order valence-electron chi connectivity index (χ1n) is 11.5. The second kappa shape index (κ2) is 10.4. The van der Waals surface area contributed by atoms with Crippen molar-refractivity contribution in [1.29, 1.82) is 5.26 Å². The zero-order valence-electron chi connectivity index (χ0n) is 20.2. The predicted molar refractivity (Wildman–Crippen MR) is 137 cm³/mol. The van der Waals surface area contributed by atoms with Crippen LogP contribution in [0.25, 0.3) is 6.08 Å². The van der Waals surface area contributed by atoms with Gasteiger partial charge in [-0.05, 0) is 52.7 Å². The van der Waals surface area contributed by atoms with E-state index in [4.69, 9.17) is 17.0 Å². The van der Waals surface area contributed by atoms with Gasteiger partial charge in [0.15, 0.2) is 0 Å². The maximum Gasteiger partial charge on any atom is 0.270 e. The normalized spacial score (nSPS) is 22.5. The quantitative estimate of drug-likeness (QED) is 0.441. The number of hydrogen-bond donors (Lipinski definition) is 0. The van der Waals surface area contributed by atoms with Crippen LogP contribution in [0.5, 0.6) is 0 Å². The molecule has 0 saturated carbocycles. The third-order valence-electron chi connectivity index (χ3n) is 5.92. The lowest BCUT2D eigenvalue weighted by atomic mass is 10.0. The van der Waals surface area contributed by atoms with E-state index in [-0.39, 0.29) is 35.3 Å². The van der Waals surface area contributed by atoms with Gasteiger partial charge in [-0.15, -0.1) is 0 Å². The summed E-state index contributed by atoms with van der Waals surface area (Å²) in [5.74, 6) is 0.612. The summed E-state index contributed by atoms with van der Waals surface area (Å²) in [4.78, 5) is 30.8. The lowest BCUT2D eigenvalue weighted by molar-refractivity contribution is -0.123. The van der Waals surface area contributed by atoms with E-state index in [9.17, 15) is 14.9 Å². The third-order valence-corrected chi connectivity index (χ3v) is 7.25. The standard InChI is InChI=1S/C24H32N4O3S2/c1-7-8-9-27-21(26-12-15(4)31-16(5)13-26)18(17(6)19(11-25)22(27)29)10-20-23(30)28(14(2)3)24(32)33-20/h10,14-16H,7-9,12-13H2,1-6H3. The Morgan fingerprint density at radius 1 is 1.27 bits per heavy atom. The molecule has 1 aromatic heterocycles. The Morgan fingerprint density at radius 3 is 2.42 bits per heavy atom. The number of thiocarbonyl (C=S) groups is 1. The molecule has 7 nitrogen and oxygen atoms in total. The zero-order valence-corrected chi connectivity index (χ0v) is 21.8. The number of thioether (sulfide) groups is 1. The number of nitriles is 1. The number of carbonyl (C=O) groups excluding carboxylic acids is 1. The van der Waals surface area contributed by atoms with Crippen LogP contribution >= 0.6 is 24.0 Å². The SMILES string of the molecule is CCCCn1c(N2CC(C)OC(C)C2)c(C=C2SC(=S)N(C(C)C)C2=O)c(C)c(C#N)c1=O. The summed E-state index contributed by atoms with van der Waals surface area (Å²) in [5.41, 5.74) is 1.16. The fraction of sp³-hybridized carbons (Fsp3) is 0.583. The number of rotatable bonds is 6. The number of aromatic nitrogens is 1. The maximum absolute atomic E-state index is 13.4. The van der Waals surface area contributed by atoms with Gasteiger partial charge in [0.2, 0.25) is 0 Å². The first kappa shape index (κ1) is 25.5. The largest absolute Gasteiger partial charge is 0.372 e. The summed E-state index contributed by atoms with van der Waals surface area (Å²) in [6.07, 6.45) is 3.53. The van der Waals surface area contributed by atoms with Gasteiger partial charge in [0.25, 0.3) is 11.5 Å². The molecular weight excluding hydrogens is 456 g/mol. The molecule has 0 N–H and O–H groups in total. The van der Waals surface area contributed by atoms with Crippen molar-refractivity contribution < 1.29 is 9.53 Å². The summed E-state index contributed by atoms with van der Waals surface area (Å²) in [5, 5.41) is 9.81. The van der Waals surface area contributed by atoms with Crippen molar-refractivity contribution in [3.8, 4) is 6.07 Å². The highest BCUT2D eigenvalue weighted by molar-refractivity contribution is 8.26. The number of hydrogen-bond acceptors (Lipinski definition) is 7. The number of pyridine rings is 1. The van der Waals surface area contributed by atoms with E-state index in [1.54, 1.807) is 16.4 Å². The van der Waals surface area contributed by atoms with E-state index in [0.717, 1.165) is 24.2 Å². The molecule has 0 bridgehead atoms. The maximum atomic E-state index is 13.4. The second-order valence-corrected chi connectivity index (χ2v) is 10.6. The van der Waals surface area contributed by atoms with Crippen LogP contribution < -0.4 is 10.5 Å². The number of nitrogens with zero attached hydrogens (tertiary/aromatic N) is 4. The molecule has 0 radical (unpaired) electrons. The van der Waals surface area contributed by atoms with E-state index < -0.39 is 0 Å². The molecule has 178 valence electrons. The van der Waals surface area contributed by atoms with Crippen molar-refractivity contribution in [3.05, 3.63) is 31.9 Å². The number of morpholine rings is 1. The minimum Gasteiger partial charge on any atom is -0.372 e. The summed E-state index contributed by atoms with van der Waals surface area (Å²) in [7, 11) is 0. The van der Waals surface area contributed by atoms with E-state index in [1.807, 2.05) is 33.8 Å². The average Bonchev–Trinajstić information content (AvgIpc) is 3.01. The van der Waals surface area contributed by atoms with Gasteiger partial charge in [0, 0.05) is 31.2 Å². The Kier molecular flexibility index (Phi) is 8.04. The van der Waals surface area contributed by atoms with Crippen molar-refractivity contribution in [3.63, 3.8) is 0 Å². The Bertz CT molecular complexity index is 1080. The van der Waals surface area contributed by atoms with Crippen molar-refractivity contribution >= 4 is 46.1 Å². The molecule has 9 heteroatoms. The van der Waals surface area contributed by atoms with Gasteiger partial charge in [-0.2, -0.15) is 5.26 Å². The van der Waals surface area contributed by atoms with Crippen LogP contribution in [0, 0.1) is 18.3 Å². The van der Waals surface area contributed by atoms with Crippen LogP contribution in [0.3, 0.4) is 0 Å². The fourth-order valence-corrected chi connectivity index (χ4v) is 5.92. The molecule has 2 aliphatic heterocycles. The van der Waals surface area contributed by atoms with Crippen LogP contribution in [-0.4, -0.2) is 51.0 Å². The monoisotopic (exact) mass is 488 g/mol. The summed E-state index contributed by atoms with van der Waals surface area (Å²) in [6, 6.07) is 2.06. The number of amides is 1. The Balaban J connectivity index is 2.28. The van der Waals surface area contributed by atoms with Crippen LogP contribution in [0.1, 0.15) is 64.2 Å². The van der Waals surface area contributed by atoms with Crippen molar-refractivity contribution in [2.45, 2.75) is 79.2 Å². The molecule has 2 unspecified atom stereocenters. The minimum absolute atomic E-state index is 0.00794. The highest BCUT2D eigenvalue weighted by atomic mass is 32.2. The first-order chi connectivity index (χ1) is 15.6. The molecular formula is C24H32N4O3S2. The molecule has 0 aliphatic carbocycles. The highest BCUT2D eigenvalue weighted by Gasteiger charge is 2.35. The summed E-state index contributed by atoms with van der Waals surface area (Å²) >= 11 is 6.72. The van der Waals surface area contributed by atoms with Crippen LogP contribution in [0.4, 0.5) is 5.82 Å². The number of unbranched alkanes of at least 4 members (excludes halogenated alkanes) is 1. The lowest BCUT2D eigenvalue weighted by Crippen LogP contribution is -2.48. The fourth-order valence-electron chi connectivity index (χ4n) is 4.42. The Hall–Kier alpha value is -2.15. The number of carbonyl (C=O) groups is 1. The van der Waals surface area contributed by atoms with E-state index >= 15 is 0 Å². The van der Waals surface area contributed by atoms with Crippen LogP contribution in [0.2, 0.25) is 0 Å². The van der Waals surface area contributed by atoms with Gasteiger partial charge in [-0.1, -0.05) is 37.3 Å². The molecule has 0 spiro atoms. The molecule has 1 amide bonds. The minimum atomic E-state index is -0.280. The van der Waals surface area contributed by atoms with Crippen molar-refractivity contribution in [2.24, 2.45) is 0 Å². The van der Waals surface area contributed by atoms with Gasteiger partial charge in [-0.25, -0.2) is 0 Å². The molecule has 3 heterocycles. The number of anilines is 1. The number of ether oxygens (including phenoxy) is 1. The summed E-state index contributed by atoms with van der Waals surface area (Å²) in [6.45, 7) is 13.5. The van der Waals surface area contributed by atoms with Gasteiger partial charge in [0.05, 0.1) is 17.1 Å². The molecule has 2 aliphatic rings. The Labute approximate surface area is 205 Å². The lowest BCUT2D eigenvalue weighted by Gasteiger charge is -2.39. The molecule has 3 rings (SSSR count). The van der Waals surface area contributed by atoms with Crippen LogP contribution in [-0.2, 0) is 16.1 Å². The Morgan fingerprint density at radius 2 is 1.91 bits per heavy atom. The summed E-state index contributed by atoms with van der Waals surface area (Å²) < 4.78 is 8.17. The van der Waals surface area contributed by atoms with E-state index in [0.29, 0.717) is 34.4 Å². The van der Waals surface area contributed by atoms with Gasteiger partial charge < -0.3 is 9.64 Å². The molecule has 0 aromatic carbocycles. The van der Waals surface area contributed by atoms with Gasteiger partial charge >= 0.3 is 0 Å². The topological polar surface area (TPSA) is 78.6 Å². The third kappa shape index (κ3) is 5.03. The van der Waals surface area contributed by atoms with Crippen molar-refractivity contribution in [1.82, 2.24) is 9.47 Å². The van der Waals surface area contributed by atoms with Crippen LogP contribution in [0.15, 0.2) is 9.70 Å². The van der Waals surface area contributed by atoms with E-state index in [2.05, 4.69) is 17.9 Å². The zero-order chi connectivity index (χ0) is 24.4. The highest BCUT2D eigenvalue weighted by Crippen LogP contribution is 2.37. The molecule has 1 aromatic rings. The average molecular weight is 489 g/mol. The van der Waals surface area contributed by atoms with Gasteiger partial charge in [0.1, 0.15) is 21.8 Å². The molecule has 2 fully saturated rings. The molecule has 2 atom stereocenters. The molecule has 2 saturated heterocycles. The molecule has 33 heavy (non-hydrogen) atoms. The smallest absolute Gasteiger partial charge is 0.270 e. The second-order valence-electron chi connectivity index (χ2n) is 8.97. The first-order valence-corrected chi connectivity index (χ1v) is 12.7. The van der Waals surface area contributed by atoms with E-state index in [1.165, 1.54) is 11.8 Å². The predicted octanol–water partition coefficient (Wildman–Crippen LogP) is 4.05.